The molecule has 2 aliphatic rings. The molecule has 1 unspecified atom stereocenters. The largest absolute Gasteiger partial charge is 0.388 e. The summed E-state index contributed by atoms with van der Waals surface area (Å²) in [6, 6.07) is 11.0. The number of aliphatic hydroxyl groups is 1. The Hall–Kier alpha value is -1.75. The molecule has 1 saturated heterocycles. The van der Waals surface area contributed by atoms with Gasteiger partial charge in [0, 0.05) is 31.4 Å². The van der Waals surface area contributed by atoms with Gasteiger partial charge in [-0.05, 0) is 38.3 Å². The first-order valence-corrected chi connectivity index (χ1v) is 9.76. The van der Waals surface area contributed by atoms with E-state index >= 15 is 0 Å². The van der Waals surface area contributed by atoms with E-state index in [-0.39, 0.29) is 0 Å². The first-order chi connectivity index (χ1) is 12.2. The van der Waals surface area contributed by atoms with Crippen molar-refractivity contribution >= 4 is 11.6 Å². The Kier molecular flexibility index (Phi) is 6.19. The first kappa shape index (κ1) is 18.1. The van der Waals surface area contributed by atoms with E-state index < -0.39 is 5.60 Å². The molecule has 5 heteroatoms. The lowest BCUT2D eigenvalue weighted by molar-refractivity contribution is 0.0131. The summed E-state index contributed by atoms with van der Waals surface area (Å²) in [7, 11) is 0. The predicted molar refractivity (Wildman–Crippen MR) is 104 cm³/mol. The van der Waals surface area contributed by atoms with Gasteiger partial charge >= 0.3 is 0 Å². The van der Waals surface area contributed by atoms with Gasteiger partial charge in [-0.3, -0.25) is 4.99 Å². The Labute approximate surface area is 151 Å². The Bertz CT molecular complexity index is 554. The molecule has 0 aromatic heterocycles. The molecule has 1 aliphatic carbocycles. The molecule has 0 spiro atoms. The fourth-order valence-electron chi connectivity index (χ4n) is 3.86. The lowest BCUT2D eigenvalue weighted by Gasteiger charge is -2.30. The van der Waals surface area contributed by atoms with E-state index in [0.29, 0.717) is 12.6 Å². The van der Waals surface area contributed by atoms with Crippen LogP contribution in [0.2, 0.25) is 0 Å². The third kappa shape index (κ3) is 5.11. The van der Waals surface area contributed by atoms with Crippen molar-refractivity contribution in [3.8, 4) is 0 Å². The predicted octanol–water partition coefficient (Wildman–Crippen LogP) is 2.52. The van der Waals surface area contributed by atoms with Crippen LogP contribution in [0.25, 0.3) is 0 Å². The average molecular weight is 345 g/mol. The SMILES string of the molecule is CCNC(=NCC1(O)CCCCC1)NC1CCN(c2ccccc2)C1. The molecule has 1 aliphatic heterocycles. The molecular weight excluding hydrogens is 312 g/mol. The minimum absolute atomic E-state index is 0.388. The lowest BCUT2D eigenvalue weighted by Crippen LogP contribution is -2.46. The molecule has 25 heavy (non-hydrogen) atoms. The normalized spacial score (nSPS) is 23.5. The summed E-state index contributed by atoms with van der Waals surface area (Å²) in [5.74, 6) is 0.835. The Morgan fingerprint density at radius 2 is 2.00 bits per heavy atom. The van der Waals surface area contributed by atoms with Gasteiger partial charge in [-0.15, -0.1) is 0 Å². The third-order valence-corrected chi connectivity index (χ3v) is 5.31. The smallest absolute Gasteiger partial charge is 0.191 e. The van der Waals surface area contributed by atoms with Crippen molar-refractivity contribution in [2.75, 3.05) is 31.1 Å². The average Bonchev–Trinajstić information content (AvgIpc) is 3.10. The summed E-state index contributed by atoms with van der Waals surface area (Å²) in [6.45, 7) is 5.46. The number of hydrogen-bond donors (Lipinski definition) is 3. The molecule has 2 fully saturated rings. The standard InChI is InChI=1S/C20H32N4O/c1-2-21-19(22-16-20(25)12-7-4-8-13-20)23-17-11-14-24(15-17)18-9-5-3-6-10-18/h3,5-6,9-10,17,25H,2,4,7-8,11-16H2,1H3,(H2,21,22,23). The molecule has 0 bridgehead atoms. The highest BCUT2D eigenvalue weighted by Gasteiger charge is 2.29. The maximum atomic E-state index is 10.7. The highest BCUT2D eigenvalue weighted by Crippen LogP contribution is 2.28. The maximum Gasteiger partial charge on any atom is 0.191 e. The van der Waals surface area contributed by atoms with E-state index in [9.17, 15) is 5.11 Å². The molecule has 1 atom stereocenters. The van der Waals surface area contributed by atoms with Crippen LogP contribution in [0, 0.1) is 0 Å². The van der Waals surface area contributed by atoms with Crippen LogP contribution in [-0.2, 0) is 0 Å². The zero-order valence-corrected chi connectivity index (χ0v) is 15.4. The van der Waals surface area contributed by atoms with Crippen LogP contribution in [-0.4, -0.2) is 48.9 Å². The van der Waals surface area contributed by atoms with Crippen LogP contribution in [0.1, 0.15) is 45.4 Å². The van der Waals surface area contributed by atoms with Crippen molar-refractivity contribution in [3.63, 3.8) is 0 Å². The van der Waals surface area contributed by atoms with E-state index in [2.05, 4.69) is 52.8 Å². The van der Waals surface area contributed by atoms with Crippen molar-refractivity contribution in [2.24, 2.45) is 4.99 Å². The quantitative estimate of drug-likeness (QED) is 0.567. The number of aliphatic imine (C=N–C) groups is 1. The molecule has 5 nitrogen and oxygen atoms in total. The Morgan fingerprint density at radius 3 is 2.72 bits per heavy atom. The number of hydrogen-bond acceptors (Lipinski definition) is 3. The molecule has 1 saturated carbocycles. The van der Waals surface area contributed by atoms with Crippen molar-refractivity contribution in [1.29, 1.82) is 0 Å². The third-order valence-electron chi connectivity index (χ3n) is 5.31. The minimum Gasteiger partial charge on any atom is -0.388 e. The molecule has 0 amide bonds. The van der Waals surface area contributed by atoms with Crippen molar-refractivity contribution < 1.29 is 5.11 Å². The Balaban J connectivity index is 1.55. The van der Waals surface area contributed by atoms with Crippen LogP contribution in [0.3, 0.4) is 0 Å². The van der Waals surface area contributed by atoms with E-state index in [0.717, 1.165) is 57.7 Å². The molecule has 1 aromatic carbocycles. The summed E-state index contributed by atoms with van der Waals surface area (Å²) in [5, 5.41) is 17.6. The number of guanidine groups is 1. The highest BCUT2D eigenvalue weighted by molar-refractivity contribution is 5.80. The van der Waals surface area contributed by atoms with Crippen molar-refractivity contribution in [2.45, 2.75) is 57.1 Å². The summed E-state index contributed by atoms with van der Waals surface area (Å²) in [5.41, 5.74) is 0.678. The van der Waals surface area contributed by atoms with Crippen molar-refractivity contribution in [3.05, 3.63) is 30.3 Å². The minimum atomic E-state index is -0.605. The maximum absolute atomic E-state index is 10.7. The van der Waals surface area contributed by atoms with Gasteiger partial charge in [-0.1, -0.05) is 37.5 Å². The highest BCUT2D eigenvalue weighted by atomic mass is 16.3. The van der Waals surface area contributed by atoms with Gasteiger partial charge in [-0.2, -0.15) is 0 Å². The zero-order valence-electron chi connectivity index (χ0n) is 15.4. The number of anilines is 1. The van der Waals surface area contributed by atoms with Crippen LogP contribution < -0.4 is 15.5 Å². The number of benzene rings is 1. The lowest BCUT2D eigenvalue weighted by atomic mass is 9.85. The van der Waals surface area contributed by atoms with Gasteiger partial charge in [0.2, 0.25) is 0 Å². The van der Waals surface area contributed by atoms with Gasteiger partial charge in [0.15, 0.2) is 5.96 Å². The van der Waals surface area contributed by atoms with E-state index in [1.54, 1.807) is 0 Å². The van der Waals surface area contributed by atoms with Gasteiger partial charge in [0.05, 0.1) is 12.1 Å². The fourth-order valence-corrected chi connectivity index (χ4v) is 3.86. The van der Waals surface area contributed by atoms with Gasteiger partial charge in [0.25, 0.3) is 0 Å². The van der Waals surface area contributed by atoms with E-state index in [1.807, 2.05) is 0 Å². The molecule has 3 N–H and O–H groups in total. The van der Waals surface area contributed by atoms with Crippen LogP contribution >= 0.6 is 0 Å². The molecular formula is C20H32N4O. The Morgan fingerprint density at radius 1 is 1.24 bits per heavy atom. The second-order valence-electron chi connectivity index (χ2n) is 7.39. The van der Waals surface area contributed by atoms with Crippen LogP contribution in [0.15, 0.2) is 35.3 Å². The van der Waals surface area contributed by atoms with Gasteiger partial charge < -0.3 is 20.6 Å². The van der Waals surface area contributed by atoms with Gasteiger partial charge in [-0.25, -0.2) is 0 Å². The monoisotopic (exact) mass is 344 g/mol. The first-order valence-electron chi connectivity index (χ1n) is 9.76. The number of nitrogens with one attached hydrogen (secondary N) is 2. The number of nitrogens with zero attached hydrogens (tertiary/aromatic N) is 2. The molecule has 3 rings (SSSR count). The molecule has 0 radical (unpaired) electrons. The zero-order chi connectivity index (χ0) is 17.5. The molecule has 1 aromatic rings. The van der Waals surface area contributed by atoms with Crippen molar-refractivity contribution in [1.82, 2.24) is 10.6 Å². The topological polar surface area (TPSA) is 59.9 Å². The van der Waals surface area contributed by atoms with Crippen LogP contribution in [0.5, 0.6) is 0 Å². The summed E-state index contributed by atoms with van der Waals surface area (Å²) < 4.78 is 0. The molecule has 138 valence electrons. The summed E-state index contributed by atoms with van der Waals surface area (Å²) >= 11 is 0. The molecule has 1 heterocycles. The van der Waals surface area contributed by atoms with Crippen LogP contribution in [0.4, 0.5) is 5.69 Å². The van der Waals surface area contributed by atoms with Gasteiger partial charge in [0.1, 0.15) is 0 Å². The van der Waals surface area contributed by atoms with E-state index in [4.69, 9.17) is 4.99 Å². The summed E-state index contributed by atoms with van der Waals surface area (Å²) in [4.78, 5) is 7.11. The number of para-hydroxylation sites is 1. The summed E-state index contributed by atoms with van der Waals surface area (Å²) in [6.07, 6.45) is 6.32. The second-order valence-corrected chi connectivity index (χ2v) is 7.39. The van der Waals surface area contributed by atoms with E-state index in [1.165, 1.54) is 12.1 Å². The second kappa shape index (κ2) is 8.56. The fraction of sp³-hybridized carbons (Fsp3) is 0.650. The number of rotatable bonds is 5.